The molecule has 5 rings (SSSR count). The lowest BCUT2D eigenvalue weighted by molar-refractivity contribution is 0.0402. The zero-order valence-electron chi connectivity index (χ0n) is 23.9. The van der Waals surface area contributed by atoms with Gasteiger partial charge in [0, 0.05) is 17.7 Å². The molecule has 2 unspecified atom stereocenters. The molecule has 3 heterocycles. The van der Waals surface area contributed by atoms with Crippen molar-refractivity contribution in [3.63, 3.8) is 0 Å². The molecule has 43 heavy (non-hydrogen) atoms. The third-order valence-corrected chi connectivity index (χ3v) is 7.32. The molecule has 0 fully saturated rings. The number of nitrogens with one attached hydrogen (secondary N) is 1. The maximum atomic E-state index is 15.1. The molecule has 0 aliphatic heterocycles. The number of esters is 1. The molecule has 0 bridgehead atoms. The van der Waals surface area contributed by atoms with Crippen LogP contribution in [0, 0.1) is 12.7 Å². The van der Waals surface area contributed by atoms with Crippen LogP contribution < -0.4 is 14.8 Å². The van der Waals surface area contributed by atoms with E-state index in [0.29, 0.717) is 38.7 Å². The first-order valence-electron chi connectivity index (χ1n) is 13.2. The first kappa shape index (κ1) is 29.5. The van der Waals surface area contributed by atoms with Gasteiger partial charge < -0.3 is 18.9 Å². The van der Waals surface area contributed by atoms with Crippen LogP contribution in [-0.2, 0) is 9.47 Å². The average molecular weight is 607 g/mol. The van der Waals surface area contributed by atoms with E-state index in [9.17, 15) is 9.59 Å². The van der Waals surface area contributed by atoms with E-state index in [2.05, 4.69) is 35.0 Å². The van der Waals surface area contributed by atoms with Crippen molar-refractivity contribution in [1.29, 1.82) is 0 Å². The van der Waals surface area contributed by atoms with E-state index in [1.165, 1.54) is 36.9 Å². The van der Waals surface area contributed by atoms with E-state index in [0.717, 1.165) is 11.1 Å². The average Bonchev–Trinajstić information content (AvgIpc) is 3.39. The molecule has 0 radical (unpaired) electrons. The van der Waals surface area contributed by atoms with Crippen LogP contribution in [0.3, 0.4) is 0 Å². The molecule has 14 heteroatoms. The van der Waals surface area contributed by atoms with E-state index in [1.54, 1.807) is 26.1 Å². The Kier molecular flexibility index (Phi) is 8.57. The van der Waals surface area contributed by atoms with Crippen LogP contribution in [-0.4, -0.2) is 62.9 Å². The number of hydrogen-bond donors (Lipinski definition) is 1. The van der Waals surface area contributed by atoms with Gasteiger partial charge in [-0.15, -0.1) is 11.3 Å². The van der Waals surface area contributed by atoms with Gasteiger partial charge in [0.05, 0.1) is 59.2 Å². The summed E-state index contributed by atoms with van der Waals surface area (Å²) >= 11 is 1.37. The van der Waals surface area contributed by atoms with Crippen molar-refractivity contribution >= 4 is 50.3 Å². The number of nitrogens with zero attached hydrogens (tertiary/aromatic N) is 5. The number of methoxy groups -OCH3 is 1. The van der Waals surface area contributed by atoms with Crippen molar-refractivity contribution in [2.24, 2.45) is 0 Å². The summed E-state index contributed by atoms with van der Waals surface area (Å²) in [5.41, 5.74) is 3.76. The number of ether oxygens (including phenoxy) is 4. The second-order valence-corrected chi connectivity index (χ2v) is 10.5. The number of rotatable bonds is 9. The fraction of sp³-hybridized carbons (Fsp3) is 0.276. The van der Waals surface area contributed by atoms with E-state index in [4.69, 9.17) is 14.2 Å². The van der Waals surface area contributed by atoms with E-state index < -0.39 is 30.1 Å². The second-order valence-electron chi connectivity index (χ2n) is 9.44. The number of benzene rings is 2. The highest BCUT2D eigenvalue weighted by Crippen LogP contribution is 2.37. The van der Waals surface area contributed by atoms with Crippen LogP contribution in [0.2, 0.25) is 0 Å². The lowest BCUT2D eigenvalue weighted by Crippen LogP contribution is -2.32. The van der Waals surface area contributed by atoms with Crippen molar-refractivity contribution in [3.8, 4) is 22.2 Å². The molecule has 0 saturated carbocycles. The van der Waals surface area contributed by atoms with Crippen LogP contribution in [0.15, 0.2) is 42.9 Å². The topological polar surface area (TPSA) is 148 Å². The molecule has 1 N–H and O–H groups in total. The maximum absolute atomic E-state index is 15.1. The Morgan fingerprint density at radius 3 is 2.49 bits per heavy atom. The molecule has 1 amide bonds. The van der Waals surface area contributed by atoms with E-state index in [1.807, 2.05) is 26.0 Å². The molecular formula is C29H27FN6O6S. The molecule has 222 valence electrons. The van der Waals surface area contributed by atoms with Crippen molar-refractivity contribution in [1.82, 2.24) is 24.9 Å². The smallest absolute Gasteiger partial charge is 0.412 e. The Labute approximate surface area is 249 Å². The molecule has 0 saturated heterocycles. The minimum absolute atomic E-state index is 0.00638. The number of hydrogen-bond acceptors (Lipinski definition) is 12. The van der Waals surface area contributed by atoms with Gasteiger partial charge in [0.2, 0.25) is 11.7 Å². The number of aromatic nitrogens is 5. The van der Waals surface area contributed by atoms with Gasteiger partial charge in [0.15, 0.2) is 11.6 Å². The highest BCUT2D eigenvalue weighted by molar-refractivity contribution is 7.21. The van der Waals surface area contributed by atoms with Gasteiger partial charge in [0.1, 0.15) is 17.2 Å². The lowest BCUT2D eigenvalue weighted by atomic mass is 10.1. The maximum Gasteiger partial charge on any atom is 0.412 e. The van der Waals surface area contributed by atoms with Gasteiger partial charge in [-0.2, -0.15) is 0 Å². The lowest BCUT2D eigenvalue weighted by Gasteiger charge is -2.22. The molecule has 12 nitrogen and oxygen atoms in total. The molecule has 0 spiro atoms. The summed E-state index contributed by atoms with van der Waals surface area (Å²) in [6.45, 7) is 7.58. The van der Waals surface area contributed by atoms with Gasteiger partial charge in [0.25, 0.3) is 0 Å². The van der Waals surface area contributed by atoms with Crippen molar-refractivity contribution in [2.45, 2.75) is 39.9 Å². The zero-order chi connectivity index (χ0) is 30.7. The van der Waals surface area contributed by atoms with Gasteiger partial charge in [-0.05, 0) is 45.4 Å². The van der Waals surface area contributed by atoms with Crippen LogP contribution in [0.4, 0.5) is 14.9 Å². The summed E-state index contributed by atoms with van der Waals surface area (Å²) in [5, 5.41) is 3.12. The third-order valence-electron chi connectivity index (χ3n) is 6.27. The number of aryl methyl sites for hydroxylation is 1. The number of thiazole rings is 1. The number of halogens is 1. The Morgan fingerprint density at radius 1 is 1.00 bits per heavy atom. The molecule has 2 atom stereocenters. The van der Waals surface area contributed by atoms with E-state index >= 15 is 4.39 Å². The largest absolute Gasteiger partial charge is 0.484 e. The number of carbonyl (C=O) groups excluding carboxylic acids is 2. The molecular weight excluding hydrogens is 579 g/mol. The Balaban J connectivity index is 1.30. The molecule has 2 aromatic carbocycles. The van der Waals surface area contributed by atoms with Crippen molar-refractivity contribution < 1.29 is 32.9 Å². The SMILES string of the molecule is CCOc1cnc2c(-c3nc4cc(F)c(OC(C)C(C)OC(=O)Nc5cnc(C(=O)OC)nc5)cc4s3)cc(C)cc2n1. The van der Waals surface area contributed by atoms with Gasteiger partial charge in [-0.25, -0.2) is 38.9 Å². The highest BCUT2D eigenvalue weighted by atomic mass is 32.1. The monoisotopic (exact) mass is 606 g/mol. The van der Waals surface area contributed by atoms with Gasteiger partial charge >= 0.3 is 12.1 Å². The predicted octanol–water partition coefficient (Wildman–Crippen LogP) is 5.73. The van der Waals surface area contributed by atoms with Crippen LogP contribution in [0.5, 0.6) is 11.6 Å². The Bertz CT molecular complexity index is 1820. The fourth-order valence-corrected chi connectivity index (χ4v) is 5.05. The fourth-order valence-electron chi connectivity index (χ4n) is 4.06. The first-order chi connectivity index (χ1) is 20.6. The van der Waals surface area contributed by atoms with Crippen LogP contribution in [0.1, 0.15) is 37.0 Å². The summed E-state index contributed by atoms with van der Waals surface area (Å²) < 4.78 is 37.0. The standard InChI is InChI=1S/C29H27FN6O6S/c1-6-40-24-13-31-25-18(7-14(2)8-21(25)35-24)27-36-20-9-19(30)22(10-23(20)43-27)41-15(3)16(4)42-29(38)34-17-11-32-26(33-12-17)28(37)39-5/h7-13,15-16H,6H2,1-5H3,(H,34,38). The number of fused-ring (bicyclic) bond motifs is 2. The number of anilines is 1. The van der Waals surface area contributed by atoms with Crippen LogP contribution in [0.25, 0.3) is 31.8 Å². The molecule has 3 aromatic heterocycles. The molecule has 0 aliphatic carbocycles. The Hall–Kier alpha value is -4.98. The summed E-state index contributed by atoms with van der Waals surface area (Å²) in [7, 11) is 1.21. The zero-order valence-corrected chi connectivity index (χ0v) is 24.7. The minimum atomic E-state index is -0.803. The summed E-state index contributed by atoms with van der Waals surface area (Å²) in [4.78, 5) is 45.2. The quantitative estimate of drug-likeness (QED) is 0.205. The van der Waals surface area contributed by atoms with Crippen LogP contribution >= 0.6 is 11.3 Å². The highest BCUT2D eigenvalue weighted by Gasteiger charge is 2.22. The van der Waals surface area contributed by atoms with Gasteiger partial charge in [-0.1, -0.05) is 0 Å². The number of amides is 1. The minimum Gasteiger partial charge on any atom is -0.484 e. The Morgan fingerprint density at radius 2 is 1.77 bits per heavy atom. The summed E-state index contributed by atoms with van der Waals surface area (Å²) in [6, 6.07) is 6.78. The normalized spacial score (nSPS) is 12.5. The second kappa shape index (κ2) is 12.5. The predicted molar refractivity (Wildman–Crippen MR) is 157 cm³/mol. The van der Waals surface area contributed by atoms with Crippen molar-refractivity contribution in [2.75, 3.05) is 19.0 Å². The van der Waals surface area contributed by atoms with E-state index in [-0.39, 0.29) is 17.3 Å². The summed E-state index contributed by atoms with van der Waals surface area (Å²) in [5.74, 6) is -1.03. The first-order valence-corrected chi connectivity index (χ1v) is 14.0. The van der Waals surface area contributed by atoms with Crippen molar-refractivity contribution in [3.05, 3.63) is 60.1 Å². The number of carbonyl (C=O) groups is 2. The third kappa shape index (κ3) is 6.59. The van der Waals surface area contributed by atoms with Gasteiger partial charge in [-0.3, -0.25) is 5.32 Å². The molecule has 0 aliphatic rings. The molecule has 5 aromatic rings. The summed E-state index contributed by atoms with van der Waals surface area (Å²) in [6.07, 6.45) is 1.78.